The number of unbranched alkanes of at least 4 members (excludes halogenated alkanes) is 1. The number of amides is 1. The van der Waals surface area contributed by atoms with E-state index in [1.807, 2.05) is 24.3 Å². The minimum absolute atomic E-state index is 0.0963. The fourth-order valence-electron chi connectivity index (χ4n) is 2.93. The highest BCUT2D eigenvalue weighted by atomic mass is 19.1. The monoisotopic (exact) mass is 404 g/mol. The molecule has 0 spiro atoms. The molecule has 0 bridgehead atoms. The van der Waals surface area contributed by atoms with Crippen LogP contribution >= 0.6 is 0 Å². The van der Waals surface area contributed by atoms with Gasteiger partial charge in [0.1, 0.15) is 0 Å². The molecule has 4 N–H and O–H groups in total. The average molecular weight is 404 g/mol. The van der Waals surface area contributed by atoms with Gasteiger partial charge in [-0.25, -0.2) is 14.9 Å². The Morgan fingerprint density at radius 2 is 1.97 bits per heavy atom. The van der Waals surface area contributed by atoms with Crippen LogP contribution in [0.3, 0.4) is 0 Å². The van der Waals surface area contributed by atoms with Gasteiger partial charge in [-0.2, -0.15) is 4.98 Å². The summed E-state index contributed by atoms with van der Waals surface area (Å²) in [6.45, 7) is 3.64. The van der Waals surface area contributed by atoms with Crippen LogP contribution in [0.4, 0.5) is 27.5 Å². The molecule has 156 valence electrons. The van der Waals surface area contributed by atoms with Crippen molar-refractivity contribution in [2.75, 3.05) is 48.4 Å². The van der Waals surface area contributed by atoms with Crippen LogP contribution < -0.4 is 21.0 Å². The van der Waals surface area contributed by atoms with Crippen LogP contribution in [-0.2, 0) is 9.53 Å². The number of aromatic nitrogens is 2. The van der Waals surface area contributed by atoms with E-state index in [0.29, 0.717) is 19.4 Å². The lowest BCUT2D eigenvalue weighted by molar-refractivity contribution is -0.129. The van der Waals surface area contributed by atoms with Crippen molar-refractivity contribution >= 4 is 29.0 Å². The number of rotatable bonds is 9. The SMILES string of the molecule is O=C(CCCCNc1nc(Nc2ccc(N3CCOCC3)cc2)ncc1F)NO. The summed E-state index contributed by atoms with van der Waals surface area (Å²) in [7, 11) is 0. The number of nitrogens with zero attached hydrogens (tertiary/aromatic N) is 3. The predicted octanol–water partition coefficient (Wildman–Crippen LogP) is 2.28. The Morgan fingerprint density at radius 3 is 2.69 bits per heavy atom. The number of hydroxylamine groups is 1. The molecule has 9 nitrogen and oxygen atoms in total. The van der Waals surface area contributed by atoms with Crippen LogP contribution in [0.5, 0.6) is 0 Å². The number of morpholine rings is 1. The lowest BCUT2D eigenvalue weighted by Crippen LogP contribution is -2.36. The van der Waals surface area contributed by atoms with Crippen molar-refractivity contribution in [1.29, 1.82) is 0 Å². The zero-order valence-electron chi connectivity index (χ0n) is 16.0. The third kappa shape index (κ3) is 6.26. The summed E-state index contributed by atoms with van der Waals surface area (Å²) >= 11 is 0. The number of ether oxygens (including phenoxy) is 1. The standard InChI is InChI=1S/C19H25FN6O3/c20-16-13-22-19(24-18(16)21-8-2-1-3-17(27)25-28)23-14-4-6-15(7-5-14)26-9-11-29-12-10-26/h4-7,13,28H,1-3,8-12H2,(H,25,27)(H2,21,22,23,24). The van der Waals surface area contributed by atoms with E-state index >= 15 is 0 Å². The summed E-state index contributed by atoms with van der Waals surface area (Å²) in [6.07, 6.45) is 2.51. The number of halogens is 1. The molecule has 2 heterocycles. The van der Waals surface area contributed by atoms with Gasteiger partial charge in [-0.15, -0.1) is 0 Å². The normalized spacial score (nSPS) is 13.8. The summed E-state index contributed by atoms with van der Waals surface area (Å²) in [4.78, 5) is 21.4. The van der Waals surface area contributed by atoms with Crippen LogP contribution in [-0.4, -0.2) is 53.9 Å². The highest BCUT2D eigenvalue weighted by Crippen LogP contribution is 2.21. The van der Waals surface area contributed by atoms with Crippen LogP contribution in [0.25, 0.3) is 0 Å². The van der Waals surface area contributed by atoms with E-state index in [-0.39, 0.29) is 18.2 Å². The summed E-state index contributed by atoms with van der Waals surface area (Å²) in [5.41, 5.74) is 3.50. The fourth-order valence-corrected chi connectivity index (χ4v) is 2.93. The largest absolute Gasteiger partial charge is 0.378 e. The van der Waals surface area contributed by atoms with Gasteiger partial charge in [0, 0.05) is 37.4 Å². The molecule has 3 rings (SSSR count). The first-order chi connectivity index (χ1) is 14.2. The van der Waals surface area contributed by atoms with Gasteiger partial charge in [0.05, 0.1) is 19.4 Å². The van der Waals surface area contributed by atoms with Gasteiger partial charge in [-0.05, 0) is 37.1 Å². The van der Waals surface area contributed by atoms with Gasteiger partial charge in [0.2, 0.25) is 11.9 Å². The maximum absolute atomic E-state index is 13.9. The first kappa shape index (κ1) is 20.7. The molecule has 1 amide bonds. The molecular formula is C19H25FN6O3. The quantitative estimate of drug-likeness (QED) is 0.286. The van der Waals surface area contributed by atoms with Crippen LogP contribution in [0, 0.1) is 5.82 Å². The Bertz CT molecular complexity index is 799. The van der Waals surface area contributed by atoms with Crippen molar-refractivity contribution in [3.63, 3.8) is 0 Å². The van der Waals surface area contributed by atoms with Crippen molar-refractivity contribution in [3.05, 3.63) is 36.3 Å². The molecule has 0 aliphatic carbocycles. The topological polar surface area (TPSA) is 112 Å². The second-order valence-corrected chi connectivity index (χ2v) is 6.58. The van der Waals surface area contributed by atoms with E-state index in [0.717, 1.165) is 43.9 Å². The van der Waals surface area contributed by atoms with Crippen molar-refractivity contribution in [1.82, 2.24) is 15.4 Å². The second-order valence-electron chi connectivity index (χ2n) is 6.58. The summed E-state index contributed by atoms with van der Waals surface area (Å²) in [5.74, 6) is -0.609. The van der Waals surface area contributed by atoms with E-state index in [1.165, 1.54) is 0 Å². The number of hydrogen-bond acceptors (Lipinski definition) is 8. The smallest absolute Gasteiger partial charge is 0.243 e. The Hall–Kier alpha value is -2.98. The Kier molecular flexibility index (Phi) is 7.54. The number of benzene rings is 1. The molecule has 0 unspecified atom stereocenters. The summed E-state index contributed by atoms with van der Waals surface area (Å²) in [5, 5.41) is 14.4. The van der Waals surface area contributed by atoms with Gasteiger partial charge in [-0.1, -0.05) is 0 Å². The predicted molar refractivity (Wildman–Crippen MR) is 107 cm³/mol. The van der Waals surface area contributed by atoms with Gasteiger partial charge in [0.15, 0.2) is 11.6 Å². The number of hydrogen-bond donors (Lipinski definition) is 4. The Labute approximate surface area is 168 Å². The number of carbonyl (C=O) groups excluding carboxylic acids is 1. The molecular weight excluding hydrogens is 379 g/mol. The molecule has 1 aliphatic heterocycles. The maximum atomic E-state index is 13.9. The molecule has 1 fully saturated rings. The van der Waals surface area contributed by atoms with Gasteiger partial charge >= 0.3 is 0 Å². The molecule has 1 aliphatic rings. The maximum Gasteiger partial charge on any atom is 0.243 e. The first-order valence-electron chi connectivity index (χ1n) is 9.55. The molecule has 0 atom stereocenters. The Balaban J connectivity index is 1.53. The third-order valence-electron chi connectivity index (χ3n) is 4.49. The van der Waals surface area contributed by atoms with Crippen molar-refractivity contribution in [2.24, 2.45) is 0 Å². The zero-order chi connectivity index (χ0) is 20.5. The lowest BCUT2D eigenvalue weighted by Gasteiger charge is -2.28. The zero-order valence-corrected chi connectivity index (χ0v) is 16.0. The van der Waals surface area contributed by atoms with Crippen LogP contribution in [0.1, 0.15) is 19.3 Å². The minimum Gasteiger partial charge on any atom is -0.378 e. The van der Waals surface area contributed by atoms with Crippen LogP contribution in [0.2, 0.25) is 0 Å². The number of carbonyl (C=O) groups is 1. The van der Waals surface area contributed by atoms with E-state index in [9.17, 15) is 9.18 Å². The van der Waals surface area contributed by atoms with Gasteiger partial charge in [0.25, 0.3) is 0 Å². The van der Waals surface area contributed by atoms with E-state index in [4.69, 9.17) is 9.94 Å². The first-order valence-corrected chi connectivity index (χ1v) is 9.55. The van der Waals surface area contributed by atoms with Gasteiger partial charge in [-0.3, -0.25) is 10.0 Å². The second kappa shape index (κ2) is 10.5. The number of nitrogens with one attached hydrogen (secondary N) is 3. The number of anilines is 4. The molecule has 1 saturated heterocycles. The molecule has 1 aromatic heterocycles. The van der Waals surface area contributed by atoms with Crippen LogP contribution in [0.15, 0.2) is 30.5 Å². The van der Waals surface area contributed by atoms with Gasteiger partial charge < -0.3 is 20.3 Å². The molecule has 0 radical (unpaired) electrons. The molecule has 0 saturated carbocycles. The summed E-state index contributed by atoms with van der Waals surface area (Å²) in [6, 6.07) is 7.88. The molecule has 1 aromatic carbocycles. The molecule has 2 aromatic rings. The fraction of sp³-hybridized carbons (Fsp3) is 0.421. The van der Waals surface area contributed by atoms with Crippen molar-refractivity contribution in [3.8, 4) is 0 Å². The lowest BCUT2D eigenvalue weighted by atomic mass is 10.2. The average Bonchev–Trinajstić information content (AvgIpc) is 2.76. The Morgan fingerprint density at radius 1 is 1.21 bits per heavy atom. The van der Waals surface area contributed by atoms with E-state index in [1.54, 1.807) is 5.48 Å². The molecule has 29 heavy (non-hydrogen) atoms. The highest BCUT2D eigenvalue weighted by molar-refractivity contribution is 5.74. The van der Waals surface area contributed by atoms with E-state index < -0.39 is 11.7 Å². The highest BCUT2D eigenvalue weighted by Gasteiger charge is 2.11. The summed E-state index contributed by atoms with van der Waals surface area (Å²) < 4.78 is 19.3. The third-order valence-corrected chi connectivity index (χ3v) is 4.49. The molecule has 10 heteroatoms. The minimum atomic E-state index is -0.550. The van der Waals surface area contributed by atoms with E-state index in [2.05, 4.69) is 25.5 Å². The van der Waals surface area contributed by atoms with Crippen molar-refractivity contribution in [2.45, 2.75) is 19.3 Å². The van der Waals surface area contributed by atoms with Crippen molar-refractivity contribution < 1.29 is 19.1 Å².